The van der Waals surface area contributed by atoms with Gasteiger partial charge in [-0.05, 0) is 44.6 Å². The molecule has 2 saturated carbocycles. The maximum atomic E-state index is 6.04. The summed E-state index contributed by atoms with van der Waals surface area (Å²) in [5.41, 5.74) is 1.12. The van der Waals surface area contributed by atoms with Crippen LogP contribution in [0.3, 0.4) is 0 Å². The largest absolute Gasteiger partial charge is 0.493 e. The lowest BCUT2D eigenvalue weighted by Crippen LogP contribution is -2.42. The second-order valence-electron chi connectivity index (χ2n) is 8.23. The summed E-state index contributed by atoms with van der Waals surface area (Å²) in [6, 6.07) is 8.72. The molecule has 2 fully saturated rings. The van der Waals surface area contributed by atoms with Crippen LogP contribution in [-0.2, 0) is 20.1 Å². The second kappa shape index (κ2) is 11.0. The summed E-state index contributed by atoms with van der Waals surface area (Å²) in [7, 11) is 1.99. The van der Waals surface area contributed by atoms with Gasteiger partial charge in [0.2, 0.25) is 0 Å². The van der Waals surface area contributed by atoms with Crippen molar-refractivity contribution in [3.63, 3.8) is 0 Å². The van der Waals surface area contributed by atoms with Crippen molar-refractivity contribution in [2.24, 2.45) is 18.0 Å². The first-order valence-electron chi connectivity index (χ1n) is 10.8. The number of aryl methyl sites for hydroxylation is 1. The van der Waals surface area contributed by atoms with E-state index in [4.69, 9.17) is 9.73 Å². The lowest BCUT2D eigenvalue weighted by molar-refractivity contribution is 0.297. The van der Waals surface area contributed by atoms with Crippen LogP contribution in [-0.4, -0.2) is 33.4 Å². The molecule has 0 unspecified atom stereocenters. The van der Waals surface area contributed by atoms with Gasteiger partial charge in [-0.2, -0.15) is 0 Å². The fourth-order valence-corrected chi connectivity index (χ4v) is 3.62. The van der Waals surface area contributed by atoms with E-state index in [1.54, 1.807) is 0 Å². The summed E-state index contributed by atoms with van der Waals surface area (Å²) in [4.78, 5) is 4.87. The van der Waals surface area contributed by atoms with Gasteiger partial charge in [0, 0.05) is 18.7 Å². The molecule has 0 radical (unpaired) electrons. The molecule has 8 heteroatoms. The van der Waals surface area contributed by atoms with Crippen LogP contribution < -0.4 is 15.4 Å². The highest BCUT2D eigenvalue weighted by Crippen LogP contribution is 2.30. The molecule has 4 rings (SSSR count). The number of rotatable bonds is 8. The highest BCUT2D eigenvalue weighted by atomic mass is 127. The Morgan fingerprint density at radius 2 is 1.93 bits per heavy atom. The van der Waals surface area contributed by atoms with Crippen molar-refractivity contribution in [3.05, 3.63) is 41.5 Å². The SMILES string of the molecule is Cc1nnc(CNC(=NCc2ccccc2OCC2CC2)NC2CCCC2)n1C.I. The molecule has 0 spiro atoms. The Labute approximate surface area is 196 Å². The van der Waals surface area contributed by atoms with Crippen molar-refractivity contribution >= 4 is 29.9 Å². The first-order chi connectivity index (χ1) is 14.2. The molecule has 2 aliphatic carbocycles. The van der Waals surface area contributed by atoms with Crippen LogP contribution in [0.1, 0.15) is 55.7 Å². The van der Waals surface area contributed by atoms with Crippen LogP contribution in [0, 0.1) is 12.8 Å². The number of ether oxygens (including phenoxy) is 1. The van der Waals surface area contributed by atoms with E-state index in [1.807, 2.05) is 30.7 Å². The highest BCUT2D eigenvalue weighted by molar-refractivity contribution is 14.0. The Bertz CT molecular complexity index is 842. The summed E-state index contributed by atoms with van der Waals surface area (Å²) in [6.07, 6.45) is 7.55. The number of aliphatic imine (C=N–C) groups is 1. The van der Waals surface area contributed by atoms with Crippen molar-refractivity contribution in [2.45, 2.75) is 64.6 Å². The molecule has 2 aromatic rings. The maximum Gasteiger partial charge on any atom is 0.192 e. The smallest absolute Gasteiger partial charge is 0.192 e. The molecule has 1 aromatic carbocycles. The highest BCUT2D eigenvalue weighted by Gasteiger charge is 2.22. The zero-order valence-electron chi connectivity index (χ0n) is 17.9. The molecule has 0 amide bonds. The molecule has 30 heavy (non-hydrogen) atoms. The number of aromatic nitrogens is 3. The number of halogens is 1. The summed E-state index contributed by atoms with van der Waals surface area (Å²) in [6.45, 7) is 3.95. The van der Waals surface area contributed by atoms with Crippen LogP contribution in [0.5, 0.6) is 5.75 Å². The van der Waals surface area contributed by atoms with Gasteiger partial charge in [-0.15, -0.1) is 34.2 Å². The van der Waals surface area contributed by atoms with Crippen LogP contribution in [0.15, 0.2) is 29.3 Å². The zero-order valence-corrected chi connectivity index (χ0v) is 20.3. The van der Waals surface area contributed by atoms with Gasteiger partial charge in [0.1, 0.15) is 11.6 Å². The van der Waals surface area contributed by atoms with E-state index in [-0.39, 0.29) is 24.0 Å². The zero-order chi connectivity index (χ0) is 20.1. The second-order valence-corrected chi connectivity index (χ2v) is 8.23. The third-order valence-electron chi connectivity index (χ3n) is 5.84. The number of para-hydroxylation sites is 1. The predicted molar refractivity (Wildman–Crippen MR) is 129 cm³/mol. The average Bonchev–Trinajstić information content (AvgIpc) is 3.33. The monoisotopic (exact) mass is 524 g/mol. The quantitative estimate of drug-likeness (QED) is 0.313. The van der Waals surface area contributed by atoms with Gasteiger partial charge >= 0.3 is 0 Å². The normalized spacial score (nSPS) is 16.9. The lowest BCUT2D eigenvalue weighted by atomic mass is 10.2. The van der Waals surface area contributed by atoms with Crippen molar-refractivity contribution in [1.29, 1.82) is 0 Å². The molecule has 2 aliphatic rings. The summed E-state index contributed by atoms with van der Waals surface area (Å²) in [5.74, 6) is 4.33. The van der Waals surface area contributed by atoms with Crippen molar-refractivity contribution in [2.75, 3.05) is 6.61 Å². The number of hydrogen-bond acceptors (Lipinski definition) is 4. The number of nitrogens with zero attached hydrogens (tertiary/aromatic N) is 4. The number of benzene rings is 1. The lowest BCUT2D eigenvalue weighted by Gasteiger charge is -2.18. The average molecular weight is 524 g/mol. The Kier molecular flexibility index (Phi) is 8.35. The first-order valence-corrected chi connectivity index (χ1v) is 10.8. The van der Waals surface area contributed by atoms with Crippen LogP contribution in [0.2, 0.25) is 0 Å². The molecular weight excluding hydrogens is 491 g/mol. The Morgan fingerprint density at radius 1 is 1.17 bits per heavy atom. The topological polar surface area (TPSA) is 76.4 Å². The molecule has 0 bridgehead atoms. The molecule has 164 valence electrons. The summed E-state index contributed by atoms with van der Waals surface area (Å²) in [5, 5.41) is 15.4. The fraction of sp³-hybridized carbons (Fsp3) is 0.591. The summed E-state index contributed by atoms with van der Waals surface area (Å²) >= 11 is 0. The molecule has 2 N–H and O–H groups in total. The standard InChI is InChI=1S/C22H32N6O.HI/c1-16-26-27-21(28(16)2)14-24-22(25-19-8-4-5-9-19)23-13-18-7-3-6-10-20(18)29-15-17-11-12-17;/h3,6-7,10,17,19H,4-5,8-9,11-15H2,1-2H3,(H2,23,24,25);1H. The minimum absolute atomic E-state index is 0. The summed E-state index contributed by atoms with van der Waals surface area (Å²) < 4.78 is 8.04. The van der Waals surface area contributed by atoms with Crippen LogP contribution >= 0.6 is 24.0 Å². The van der Waals surface area contributed by atoms with Crippen molar-refractivity contribution < 1.29 is 4.74 Å². The number of nitrogens with one attached hydrogen (secondary N) is 2. The molecule has 0 saturated heterocycles. The van der Waals surface area contributed by atoms with Gasteiger partial charge in [0.15, 0.2) is 11.8 Å². The maximum absolute atomic E-state index is 6.04. The molecule has 0 atom stereocenters. The van der Waals surface area contributed by atoms with Gasteiger partial charge in [0.05, 0.1) is 19.7 Å². The van der Waals surface area contributed by atoms with E-state index < -0.39 is 0 Å². The Hall–Kier alpha value is -1.84. The van der Waals surface area contributed by atoms with E-state index in [9.17, 15) is 0 Å². The molecule has 1 heterocycles. The van der Waals surface area contributed by atoms with E-state index in [2.05, 4.69) is 33.0 Å². The van der Waals surface area contributed by atoms with E-state index >= 15 is 0 Å². The first kappa shape index (κ1) is 22.8. The Morgan fingerprint density at radius 3 is 2.63 bits per heavy atom. The van der Waals surface area contributed by atoms with Gasteiger partial charge in [-0.1, -0.05) is 31.0 Å². The predicted octanol–water partition coefficient (Wildman–Crippen LogP) is 3.71. The van der Waals surface area contributed by atoms with E-state index in [1.165, 1.54) is 38.5 Å². The van der Waals surface area contributed by atoms with E-state index in [0.29, 0.717) is 19.1 Å². The van der Waals surface area contributed by atoms with Crippen LogP contribution in [0.4, 0.5) is 0 Å². The van der Waals surface area contributed by atoms with Gasteiger partial charge in [-0.25, -0.2) is 4.99 Å². The van der Waals surface area contributed by atoms with Crippen molar-refractivity contribution in [1.82, 2.24) is 25.4 Å². The van der Waals surface area contributed by atoms with Gasteiger partial charge in [-0.3, -0.25) is 0 Å². The molecule has 7 nitrogen and oxygen atoms in total. The Balaban J connectivity index is 0.00000256. The third kappa shape index (κ3) is 6.33. The minimum Gasteiger partial charge on any atom is -0.493 e. The molecule has 1 aromatic heterocycles. The number of guanidine groups is 1. The molecule has 0 aliphatic heterocycles. The van der Waals surface area contributed by atoms with Crippen molar-refractivity contribution in [3.8, 4) is 5.75 Å². The molecular formula is C22H33IN6O. The number of hydrogen-bond donors (Lipinski definition) is 2. The van der Waals surface area contributed by atoms with E-state index in [0.717, 1.165) is 41.4 Å². The fourth-order valence-electron chi connectivity index (χ4n) is 3.62. The third-order valence-corrected chi connectivity index (χ3v) is 5.84. The van der Waals surface area contributed by atoms with Gasteiger partial charge < -0.3 is 19.9 Å². The van der Waals surface area contributed by atoms with Crippen LogP contribution in [0.25, 0.3) is 0 Å². The minimum atomic E-state index is 0. The van der Waals surface area contributed by atoms with Gasteiger partial charge in [0.25, 0.3) is 0 Å².